The van der Waals surface area contributed by atoms with Gasteiger partial charge < -0.3 is 29.0 Å². The van der Waals surface area contributed by atoms with E-state index in [9.17, 15) is 14.7 Å². The van der Waals surface area contributed by atoms with Gasteiger partial charge in [-0.15, -0.1) is 0 Å². The van der Waals surface area contributed by atoms with E-state index in [4.69, 9.17) is 18.9 Å². The summed E-state index contributed by atoms with van der Waals surface area (Å²) in [5, 5.41) is 11.1. The van der Waals surface area contributed by atoms with E-state index in [1.165, 1.54) is 11.8 Å². The highest BCUT2D eigenvalue weighted by atomic mass is 16.8. The number of likely N-dealkylation sites (N-methyl/N-ethyl adjacent to an activating group) is 1. The number of fused-ring (bicyclic) bond motifs is 3. The van der Waals surface area contributed by atoms with Gasteiger partial charge in [0.2, 0.25) is 6.79 Å². The predicted octanol–water partition coefficient (Wildman–Crippen LogP) is 1.07. The Hall–Kier alpha value is -2.16. The Morgan fingerprint density at radius 1 is 1.11 bits per heavy atom. The van der Waals surface area contributed by atoms with Gasteiger partial charge in [-0.05, 0) is 44.0 Å². The van der Waals surface area contributed by atoms with Crippen molar-refractivity contribution in [3.05, 3.63) is 23.3 Å². The molecular weight excluding hydrogens is 354 g/mol. The Kier molecular flexibility index (Phi) is 3.99. The van der Waals surface area contributed by atoms with Crippen LogP contribution in [-0.4, -0.2) is 53.5 Å². The Balaban J connectivity index is 1.81. The van der Waals surface area contributed by atoms with Crippen LogP contribution in [0.4, 0.5) is 0 Å². The van der Waals surface area contributed by atoms with Gasteiger partial charge >= 0.3 is 0 Å². The third-order valence-electron chi connectivity index (χ3n) is 5.26. The number of hydrogen-bond donors (Lipinski definition) is 1. The van der Waals surface area contributed by atoms with Crippen LogP contribution >= 0.6 is 0 Å². The molecule has 0 aromatic heterocycles. The minimum Gasteiger partial charge on any atom is -0.454 e. The zero-order valence-electron chi connectivity index (χ0n) is 15.8. The lowest BCUT2D eigenvalue weighted by molar-refractivity contribution is -0.161. The van der Waals surface area contributed by atoms with Crippen LogP contribution in [0.3, 0.4) is 0 Å². The summed E-state index contributed by atoms with van der Waals surface area (Å²) in [4.78, 5) is 27.4. The number of benzene rings is 1. The van der Waals surface area contributed by atoms with Crippen molar-refractivity contribution in [2.45, 2.75) is 57.3 Å². The van der Waals surface area contributed by atoms with Gasteiger partial charge in [-0.25, -0.2) is 0 Å². The number of nitrogens with zero attached hydrogens (tertiary/aromatic N) is 1. The first-order valence-electron chi connectivity index (χ1n) is 8.88. The molecule has 8 nitrogen and oxygen atoms in total. The molecule has 0 unspecified atom stereocenters. The first kappa shape index (κ1) is 18.2. The molecule has 1 aromatic carbocycles. The molecule has 1 amide bonds. The van der Waals surface area contributed by atoms with Gasteiger partial charge in [0.15, 0.2) is 29.2 Å². The lowest BCUT2D eigenvalue weighted by atomic mass is 9.83. The molecule has 0 spiro atoms. The summed E-state index contributed by atoms with van der Waals surface area (Å²) in [7, 11) is 1.65. The summed E-state index contributed by atoms with van der Waals surface area (Å²) >= 11 is 0. The lowest BCUT2D eigenvalue weighted by Crippen LogP contribution is -2.46. The number of ether oxygens (including phenoxy) is 4. The molecule has 8 heteroatoms. The summed E-state index contributed by atoms with van der Waals surface area (Å²) in [6.45, 7) is 5.11. The fourth-order valence-corrected chi connectivity index (χ4v) is 3.84. The molecule has 1 saturated heterocycles. The lowest BCUT2D eigenvalue weighted by Gasteiger charge is -2.31. The Labute approximate surface area is 156 Å². The third-order valence-corrected chi connectivity index (χ3v) is 5.26. The Bertz CT molecular complexity index is 817. The molecule has 0 saturated carbocycles. The molecule has 0 aliphatic carbocycles. The van der Waals surface area contributed by atoms with E-state index < -0.39 is 29.4 Å². The normalized spacial score (nSPS) is 32.3. The van der Waals surface area contributed by atoms with Gasteiger partial charge in [-0.1, -0.05) is 0 Å². The number of carbonyl (C=O) groups is 2. The summed E-state index contributed by atoms with van der Waals surface area (Å²) in [6, 6.07) is 3.32. The van der Waals surface area contributed by atoms with Crippen molar-refractivity contribution in [2.24, 2.45) is 0 Å². The number of ketones is 1. The van der Waals surface area contributed by atoms with Crippen LogP contribution in [0.25, 0.3) is 0 Å². The van der Waals surface area contributed by atoms with Crippen LogP contribution in [0.5, 0.6) is 11.5 Å². The Morgan fingerprint density at radius 3 is 2.48 bits per heavy atom. The average molecular weight is 377 g/mol. The van der Waals surface area contributed by atoms with Crippen molar-refractivity contribution >= 4 is 11.7 Å². The minimum atomic E-state index is -1.77. The maximum Gasteiger partial charge on any atom is 0.254 e. The summed E-state index contributed by atoms with van der Waals surface area (Å²) in [5.41, 5.74) is -0.754. The summed E-state index contributed by atoms with van der Waals surface area (Å²) in [5.74, 6) is -0.719. The van der Waals surface area contributed by atoms with Crippen molar-refractivity contribution in [1.82, 2.24) is 4.90 Å². The summed E-state index contributed by atoms with van der Waals surface area (Å²) < 4.78 is 22.3. The quantitative estimate of drug-likeness (QED) is 0.723. The molecule has 3 aliphatic rings. The second kappa shape index (κ2) is 5.92. The SMILES string of the molecule is CN1Cc2cc3c(cc2[C@](C)(O)C(=O)C[C@H]2OC(C)(C)O[C@@H]2C1=O)OCO3. The topological polar surface area (TPSA) is 94.5 Å². The number of Topliss-reactive ketones (excluding diaryl/α,β-unsaturated/α-hetero) is 1. The second-order valence-electron chi connectivity index (χ2n) is 7.85. The molecule has 3 heterocycles. The van der Waals surface area contributed by atoms with Gasteiger partial charge in [-0.2, -0.15) is 0 Å². The zero-order chi connectivity index (χ0) is 19.6. The van der Waals surface area contributed by atoms with Crippen molar-refractivity contribution in [3.8, 4) is 11.5 Å². The van der Waals surface area contributed by atoms with Crippen LogP contribution in [0.15, 0.2) is 12.1 Å². The number of hydrogen-bond acceptors (Lipinski definition) is 7. The van der Waals surface area contributed by atoms with Gasteiger partial charge in [0.25, 0.3) is 5.91 Å². The number of amides is 1. The highest BCUT2D eigenvalue weighted by molar-refractivity contribution is 5.91. The van der Waals surface area contributed by atoms with Crippen LogP contribution < -0.4 is 9.47 Å². The minimum absolute atomic E-state index is 0.0734. The molecule has 0 bridgehead atoms. The van der Waals surface area contributed by atoms with Gasteiger partial charge in [0, 0.05) is 20.0 Å². The van der Waals surface area contributed by atoms with E-state index >= 15 is 0 Å². The third kappa shape index (κ3) is 2.97. The largest absolute Gasteiger partial charge is 0.454 e. The maximum atomic E-state index is 13.0. The predicted molar refractivity (Wildman–Crippen MR) is 92.1 cm³/mol. The zero-order valence-corrected chi connectivity index (χ0v) is 15.8. The van der Waals surface area contributed by atoms with Crippen molar-refractivity contribution < 1.29 is 33.6 Å². The highest BCUT2D eigenvalue weighted by Gasteiger charge is 2.49. The molecule has 4 rings (SSSR count). The molecule has 146 valence electrons. The van der Waals surface area contributed by atoms with Crippen molar-refractivity contribution in [3.63, 3.8) is 0 Å². The van der Waals surface area contributed by atoms with Crippen LogP contribution in [0, 0.1) is 0 Å². The van der Waals surface area contributed by atoms with Crippen molar-refractivity contribution in [2.75, 3.05) is 13.8 Å². The van der Waals surface area contributed by atoms with Crippen LogP contribution in [0.2, 0.25) is 0 Å². The fraction of sp³-hybridized carbons (Fsp3) is 0.579. The van der Waals surface area contributed by atoms with Crippen molar-refractivity contribution in [1.29, 1.82) is 0 Å². The van der Waals surface area contributed by atoms with E-state index in [1.807, 2.05) is 0 Å². The molecule has 1 fully saturated rings. The van der Waals surface area contributed by atoms with Gasteiger partial charge in [0.05, 0.1) is 0 Å². The molecule has 1 aromatic rings. The maximum absolute atomic E-state index is 13.0. The smallest absolute Gasteiger partial charge is 0.254 e. The monoisotopic (exact) mass is 377 g/mol. The van der Waals surface area contributed by atoms with E-state index in [0.717, 1.165) is 0 Å². The molecular formula is C19H23NO7. The van der Waals surface area contributed by atoms with E-state index in [1.54, 1.807) is 33.0 Å². The van der Waals surface area contributed by atoms with Crippen LogP contribution in [0.1, 0.15) is 38.3 Å². The average Bonchev–Trinajstić information content (AvgIpc) is 3.15. The fourth-order valence-electron chi connectivity index (χ4n) is 3.84. The molecule has 3 aliphatic heterocycles. The van der Waals surface area contributed by atoms with E-state index in [0.29, 0.717) is 22.6 Å². The Morgan fingerprint density at radius 2 is 1.78 bits per heavy atom. The second-order valence-corrected chi connectivity index (χ2v) is 7.85. The number of rotatable bonds is 0. The first-order valence-corrected chi connectivity index (χ1v) is 8.88. The van der Waals surface area contributed by atoms with Gasteiger partial charge in [-0.3, -0.25) is 9.59 Å². The molecule has 1 N–H and O–H groups in total. The first-order chi connectivity index (χ1) is 12.6. The van der Waals surface area contributed by atoms with Gasteiger partial charge in [0.1, 0.15) is 11.7 Å². The number of aliphatic hydroxyl groups is 1. The highest BCUT2D eigenvalue weighted by Crippen LogP contribution is 2.41. The van der Waals surface area contributed by atoms with Crippen LogP contribution in [-0.2, 0) is 31.2 Å². The van der Waals surface area contributed by atoms with E-state index in [2.05, 4.69) is 0 Å². The molecule has 3 atom stereocenters. The molecule has 27 heavy (non-hydrogen) atoms. The standard InChI is InChI=1S/C19H23NO7/c1-18(2)26-14-7-15(21)19(3,23)11-6-13-12(24-9-25-13)5-10(11)8-20(4)17(22)16(14)27-18/h5-6,14,16,23H,7-9H2,1-4H3/t14-,16+,19+/m1/s1. The number of carbonyl (C=O) groups excluding carboxylic acids is 2. The molecule has 0 radical (unpaired) electrons. The van der Waals surface area contributed by atoms with E-state index in [-0.39, 0.29) is 25.7 Å². The summed E-state index contributed by atoms with van der Waals surface area (Å²) in [6.07, 6.45) is -1.81.